The fourth-order valence-electron chi connectivity index (χ4n) is 3.03. The maximum Gasteiger partial charge on any atom is 0.415 e. The van der Waals surface area contributed by atoms with E-state index in [-0.39, 0.29) is 12.5 Å². The molecule has 0 radical (unpaired) electrons. The number of hydrogen-bond acceptors (Lipinski definition) is 4. The molecule has 0 aliphatic carbocycles. The highest BCUT2D eigenvalue weighted by Gasteiger charge is 2.54. The van der Waals surface area contributed by atoms with Gasteiger partial charge in [-0.2, -0.15) is 0 Å². The molecule has 2 unspecified atom stereocenters. The highest BCUT2D eigenvalue weighted by molar-refractivity contribution is 5.88. The lowest BCUT2D eigenvalue weighted by atomic mass is 9.80. The van der Waals surface area contributed by atoms with Crippen LogP contribution in [-0.2, 0) is 20.7 Å². The van der Waals surface area contributed by atoms with Crippen LogP contribution in [0.3, 0.4) is 0 Å². The van der Waals surface area contributed by atoms with Gasteiger partial charge in [0, 0.05) is 18.5 Å². The molecule has 1 aromatic rings. The monoisotopic (exact) mass is 345 g/mol. The van der Waals surface area contributed by atoms with Crippen molar-refractivity contribution in [2.24, 2.45) is 5.92 Å². The first-order chi connectivity index (χ1) is 11.7. The average Bonchev–Trinajstić information content (AvgIpc) is 2.85. The molecule has 0 N–H and O–H groups in total. The summed E-state index contributed by atoms with van der Waals surface area (Å²) in [5, 5.41) is 0. The minimum Gasteiger partial charge on any atom is -0.464 e. The van der Waals surface area contributed by atoms with Crippen LogP contribution in [-0.4, -0.2) is 34.7 Å². The SMILES string of the molecule is CCOC(=O)C1(Cc2ccccc2)C(C)C=CN1C(=O)OC(C)(C)C. The third-order valence-corrected chi connectivity index (χ3v) is 4.24. The van der Waals surface area contributed by atoms with E-state index in [1.807, 2.05) is 43.3 Å². The second kappa shape index (κ2) is 7.30. The van der Waals surface area contributed by atoms with E-state index in [1.165, 1.54) is 4.90 Å². The molecule has 0 saturated heterocycles. The summed E-state index contributed by atoms with van der Waals surface area (Å²) in [6.07, 6.45) is 3.31. The van der Waals surface area contributed by atoms with E-state index in [1.54, 1.807) is 33.9 Å². The van der Waals surface area contributed by atoms with E-state index in [0.717, 1.165) is 5.56 Å². The summed E-state index contributed by atoms with van der Waals surface area (Å²) in [5.74, 6) is -0.610. The molecule has 1 aliphatic heterocycles. The molecule has 0 aromatic heterocycles. The summed E-state index contributed by atoms with van der Waals surface area (Å²) in [4.78, 5) is 27.1. The maximum absolute atomic E-state index is 13.0. The Labute approximate surface area is 149 Å². The number of carbonyl (C=O) groups is 2. The maximum atomic E-state index is 13.0. The summed E-state index contributed by atoms with van der Waals surface area (Å²) in [6, 6.07) is 9.64. The number of carbonyl (C=O) groups excluding carboxylic acids is 2. The number of amides is 1. The molecule has 1 heterocycles. The molecule has 5 nitrogen and oxygen atoms in total. The zero-order valence-corrected chi connectivity index (χ0v) is 15.6. The Balaban J connectivity index is 2.43. The smallest absolute Gasteiger partial charge is 0.415 e. The molecule has 5 heteroatoms. The van der Waals surface area contributed by atoms with Gasteiger partial charge in [-0.15, -0.1) is 0 Å². The standard InChI is InChI=1S/C20H27NO4/c1-6-24-17(22)20(14-16-10-8-7-9-11-16)15(2)12-13-21(20)18(23)25-19(3,4)5/h7-13,15H,6,14H2,1-5H3. The average molecular weight is 345 g/mol. The summed E-state index contributed by atoms with van der Waals surface area (Å²) < 4.78 is 10.9. The van der Waals surface area contributed by atoms with Gasteiger partial charge in [0.15, 0.2) is 5.54 Å². The molecular formula is C20H27NO4. The normalized spacial score (nSPS) is 22.8. The van der Waals surface area contributed by atoms with Crippen LogP contribution in [0.2, 0.25) is 0 Å². The van der Waals surface area contributed by atoms with Gasteiger partial charge in [0.1, 0.15) is 5.60 Å². The molecule has 1 aromatic carbocycles. The third-order valence-electron chi connectivity index (χ3n) is 4.24. The predicted octanol–water partition coefficient (Wildman–Crippen LogP) is 3.93. The van der Waals surface area contributed by atoms with Gasteiger partial charge >= 0.3 is 12.1 Å². The Morgan fingerprint density at radius 1 is 1.20 bits per heavy atom. The van der Waals surface area contributed by atoms with Gasteiger partial charge in [-0.1, -0.05) is 43.3 Å². The second-order valence-electron chi connectivity index (χ2n) is 7.29. The lowest BCUT2D eigenvalue weighted by Crippen LogP contribution is -2.58. The zero-order chi connectivity index (χ0) is 18.7. The molecule has 0 spiro atoms. The third kappa shape index (κ3) is 4.03. The first kappa shape index (κ1) is 19.0. The summed E-state index contributed by atoms with van der Waals surface area (Å²) in [6.45, 7) is 9.34. The van der Waals surface area contributed by atoms with Crippen LogP contribution < -0.4 is 0 Å². The summed E-state index contributed by atoms with van der Waals surface area (Å²) in [7, 11) is 0. The molecular weight excluding hydrogens is 318 g/mol. The Morgan fingerprint density at radius 2 is 1.84 bits per heavy atom. The van der Waals surface area contributed by atoms with Crippen molar-refractivity contribution in [3.63, 3.8) is 0 Å². The second-order valence-corrected chi connectivity index (χ2v) is 7.29. The van der Waals surface area contributed by atoms with Crippen LogP contribution in [0.15, 0.2) is 42.6 Å². The molecule has 136 valence electrons. The quantitative estimate of drug-likeness (QED) is 0.776. The van der Waals surface area contributed by atoms with Gasteiger partial charge in [0.25, 0.3) is 0 Å². The van der Waals surface area contributed by atoms with Crippen molar-refractivity contribution in [2.75, 3.05) is 6.61 Å². The van der Waals surface area contributed by atoms with Gasteiger partial charge in [-0.05, 0) is 33.3 Å². The van der Waals surface area contributed by atoms with E-state index in [2.05, 4.69) is 0 Å². The van der Waals surface area contributed by atoms with Crippen molar-refractivity contribution in [3.8, 4) is 0 Å². The Hall–Kier alpha value is -2.30. The molecule has 0 fully saturated rings. The Morgan fingerprint density at radius 3 is 2.40 bits per heavy atom. The predicted molar refractivity (Wildman–Crippen MR) is 95.9 cm³/mol. The van der Waals surface area contributed by atoms with Crippen molar-refractivity contribution in [1.29, 1.82) is 0 Å². The van der Waals surface area contributed by atoms with Crippen LogP contribution in [0.25, 0.3) is 0 Å². The highest BCUT2D eigenvalue weighted by Crippen LogP contribution is 2.38. The number of nitrogens with zero attached hydrogens (tertiary/aromatic N) is 1. The number of benzene rings is 1. The van der Waals surface area contributed by atoms with E-state index >= 15 is 0 Å². The van der Waals surface area contributed by atoms with Gasteiger partial charge < -0.3 is 9.47 Å². The molecule has 1 aliphatic rings. The molecule has 25 heavy (non-hydrogen) atoms. The number of ether oxygens (including phenoxy) is 2. The van der Waals surface area contributed by atoms with Crippen molar-refractivity contribution in [1.82, 2.24) is 4.90 Å². The Bertz CT molecular complexity index is 647. The van der Waals surface area contributed by atoms with Crippen molar-refractivity contribution in [2.45, 2.75) is 52.2 Å². The molecule has 0 bridgehead atoms. The summed E-state index contributed by atoms with van der Waals surface area (Å²) >= 11 is 0. The molecule has 1 amide bonds. The van der Waals surface area contributed by atoms with E-state index in [0.29, 0.717) is 6.42 Å². The Kier molecular flexibility index (Phi) is 5.55. The number of esters is 1. The van der Waals surface area contributed by atoms with Crippen LogP contribution >= 0.6 is 0 Å². The van der Waals surface area contributed by atoms with Crippen LogP contribution in [0.4, 0.5) is 4.79 Å². The zero-order valence-electron chi connectivity index (χ0n) is 15.6. The van der Waals surface area contributed by atoms with Crippen molar-refractivity contribution < 1.29 is 19.1 Å². The van der Waals surface area contributed by atoms with E-state index in [9.17, 15) is 9.59 Å². The van der Waals surface area contributed by atoms with E-state index < -0.39 is 23.2 Å². The van der Waals surface area contributed by atoms with Crippen molar-refractivity contribution in [3.05, 3.63) is 48.2 Å². The van der Waals surface area contributed by atoms with Gasteiger partial charge in [-0.25, -0.2) is 9.59 Å². The van der Waals surface area contributed by atoms with Gasteiger partial charge in [-0.3, -0.25) is 4.90 Å². The molecule has 2 rings (SSSR count). The molecule has 0 saturated carbocycles. The van der Waals surface area contributed by atoms with E-state index in [4.69, 9.17) is 9.47 Å². The first-order valence-electron chi connectivity index (χ1n) is 8.62. The highest BCUT2D eigenvalue weighted by atomic mass is 16.6. The fourth-order valence-corrected chi connectivity index (χ4v) is 3.03. The summed E-state index contributed by atoms with van der Waals surface area (Å²) in [5.41, 5.74) is -0.830. The topological polar surface area (TPSA) is 55.8 Å². The lowest BCUT2D eigenvalue weighted by Gasteiger charge is -2.39. The fraction of sp³-hybridized carbons (Fsp3) is 0.500. The largest absolute Gasteiger partial charge is 0.464 e. The van der Waals surface area contributed by atoms with Crippen LogP contribution in [0, 0.1) is 5.92 Å². The van der Waals surface area contributed by atoms with Crippen molar-refractivity contribution >= 4 is 12.1 Å². The minimum atomic E-state index is -1.14. The van der Waals surface area contributed by atoms with Gasteiger partial charge in [0.2, 0.25) is 0 Å². The number of rotatable bonds is 4. The minimum absolute atomic E-state index is 0.195. The first-order valence-corrected chi connectivity index (χ1v) is 8.62. The van der Waals surface area contributed by atoms with Crippen LogP contribution in [0.1, 0.15) is 40.2 Å². The lowest BCUT2D eigenvalue weighted by molar-refractivity contribution is -0.157. The van der Waals surface area contributed by atoms with Gasteiger partial charge in [0.05, 0.1) is 6.61 Å². The molecule has 2 atom stereocenters. The van der Waals surface area contributed by atoms with Crippen LogP contribution in [0.5, 0.6) is 0 Å². The number of hydrogen-bond donors (Lipinski definition) is 0.